The van der Waals surface area contributed by atoms with Crippen molar-refractivity contribution in [3.8, 4) is 33.8 Å². The van der Waals surface area contributed by atoms with Gasteiger partial charge in [-0.2, -0.15) is 0 Å². The molecule has 0 saturated heterocycles. The minimum absolute atomic E-state index is 0.971. The number of nitrogens with zero attached hydrogens (tertiary/aromatic N) is 3. The van der Waals surface area contributed by atoms with Crippen molar-refractivity contribution >= 4 is 75.9 Å². The van der Waals surface area contributed by atoms with Crippen LogP contribution in [-0.2, 0) is 0 Å². The summed E-state index contributed by atoms with van der Waals surface area (Å²) in [6, 6.07) is 66.8. The number of hydrogen-bond donors (Lipinski definition) is 0. The van der Waals surface area contributed by atoms with E-state index in [1.54, 1.807) is 0 Å². The van der Waals surface area contributed by atoms with Crippen LogP contribution >= 0.6 is 0 Å². The summed E-state index contributed by atoms with van der Waals surface area (Å²) in [6.45, 7) is 4.39. The molecule has 58 heavy (non-hydrogen) atoms. The van der Waals surface area contributed by atoms with Crippen molar-refractivity contribution in [1.82, 2.24) is 14.1 Å². The van der Waals surface area contributed by atoms with E-state index in [0.717, 1.165) is 28.2 Å². The fourth-order valence-corrected chi connectivity index (χ4v) is 9.66. The van der Waals surface area contributed by atoms with Gasteiger partial charge in [-0.15, -0.1) is 0 Å². The van der Waals surface area contributed by atoms with E-state index in [9.17, 15) is 0 Å². The van der Waals surface area contributed by atoms with Gasteiger partial charge >= 0.3 is 0 Å². The lowest BCUT2D eigenvalue weighted by molar-refractivity contribution is 1.16. The molecule has 3 aromatic heterocycles. The van der Waals surface area contributed by atoms with E-state index in [1.165, 1.54) is 92.6 Å². The highest BCUT2D eigenvalue weighted by Crippen LogP contribution is 2.40. The second kappa shape index (κ2) is 12.5. The van der Waals surface area contributed by atoms with Crippen molar-refractivity contribution in [2.75, 3.05) is 0 Å². The average Bonchev–Trinajstić information content (AvgIpc) is 3.79. The third-order valence-electron chi connectivity index (χ3n) is 12.4. The number of hydrogen-bond acceptors (Lipinski definition) is 1. The van der Waals surface area contributed by atoms with Gasteiger partial charge < -0.3 is 9.13 Å². The number of aromatic nitrogens is 3. The Morgan fingerprint density at radius 2 is 0.776 bits per heavy atom. The summed E-state index contributed by atoms with van der Waals surface area (Å²) in [5, 5.41) is 12.6. The molecule has 0 bridgehead atoms. The summed E-state index contributed by atoms with van der Waals surface area (Å²) in [6.07, 6.45) is 2.04. The van der Waals surface area contributed by atoms with Crippen LogP contribution in [0, 0.1) is 13.8 Å². The van der Waals surface area contributed by atoms with E-state index in [-0.39, 0.29) is 0 Å². The smallest absolute Gasteiger partial charge is 0.0708 e. The zero-order valence-electron chi connectivity index (χ0n) is 32.2. The largest absolute Gasteiger partial charge is 0.309 e. The maximum absolute atomic E-state index is 5.03. The first-order valence-electron chi connectivity index (χ1n) is 20.0. The molecule has 0 atom stereocenters. The first kappa shape index (κ1) is 32.7. The SMILES string of the molecule is Cc1ccc(-n2c3ccccc3c3cc(-n4c5ccccc5c5ccccc54)ccc32)cc1-c1cc(-c2ccc3c4ccccc4c4ccccc4c3c2)ncc1C. The molecule has 0 radical (unpaired) electrons. The van der Waals surface area contributed by atoms with Crippen LogP contribution in [0.2, 0.25) is 0 Å². The third kappa shape index (κ3) is 4.77. The third-order valence-corrected chi connectivity index (χ3v) is 12.4. The Labute approximate surface area is 335 Å². The topological polar surface area (TPSA) is 22.8 Å². The van der Waals surface area contributed by atoms with Gasteiger partial charge in [0.05, 0.1) is 27.8 Å². The Balaban J connectivity index is 1.01. The van der Waals surface area contributed by atoms with Gasteiger partial charge in [-0.05, 0) is 129 Å². The van der Waals surface area contributed by atoms with Crippen molar-refractivity contribution in [3.63, 3.8) is 0 Å². The van der Waals surface area contributed by atoms with Crippen LogP contribution in [-0.4, -0.2) is 14.1 Å². The maximum atomic E-state index is 5.03. The van der Waals surface area contributed by atoms with Crippen LogP contribution in [0.4, 0.5) is 0 Å². The lowest BCUT2D eigenvalue weighted by Gasteiger charge is -2.16. The Morgan fingerprint density at radius 3 is 1.38 bits per heavy atom. The minimum Gasteiger partial charge on any atom is -0.309 e. The number of aryl methyl sites for hydroxylation is 2. The molecule has 3 heterocycles. The van der Waals surface area contributed by atoms with Crippen LogP contribution in [0.3, 0.4) is 0 Å². The molecule has 0 aliphatic carbocycles. The highest BCUT2D eigenvalue weighted by atomic mass is 15.0. The summed E-state index contributed by atoms with van der Waals surface area (Å²) in [5.41, 5.74) is 14.0. The highest BCUT2D eigenvalue weighted by Gasteiger charge is 2.18. The first-order valence-corrected chi connectivity index (χ1v) is 20.0. The molecule has 0 unspecified atom stereocenters. The number of rotatable bonds is 4. The lowest BCUT2D eigenvalue weighted by atomic mass is 9.92. The fraction of sp³-hybridized carbons (Fsp3) is 0.0364. The molecule has 12 rings (SSSR count). The molecule has 9 aromatic carbocycles. The Bertz CT molecular complexity index is 3570. The second-order valence-corrected chi connectivity index (χ2v) is 15.7. The molecule has 0 saturated carbocycles. The molecular formula is C55H37N3. The zero-order chi connectivity index (χ0) is 38.5. The summed E-state index contributed by atoms with van der Waals surface area (Å²) < 4.78 is 4.84. The molecule has 0 aliphatic heterocycles. The van der Waals surface area contributed by atoms with Gasteiger partial charge in [-0.3, -0.25) is 4.98 Å². The Hall–Kier alpha value is -7.49. The predicted molar refractivity (Wildman–Crippen MR) is 246 cm³/mol. The molecule has 0 aliphatic rings. The van der Waals surface area contributed by atoms with Crippen LogP contribution in [0.25, 0.3) is 110 Å². The van der Waals surface area contributed by atoms with Gasteiger partial charge in [-0.1, -0.05) is 121 Å². The van der Waals surface area contributed by atoms with Gasteiger partial charge in [0.1, 0.15) is 0 Å². The van der Waals surface area contributed by atoms with Crippen molar-refractivity contribution in [2.24, 2.45) is 0 Å². The second-order valence-electron chi connectivity index (χ2n) is 15.7. The standard InChI is InChI=1S/C55H37N3/c1-34-23-25-37(58-54-22-12-9-19-46(54)50-31-38(26-28-55(50)58)57-52-20-10-7-17-44(52)45-18-8-11-21-53(45)57)30-47(34)48-32-51(56-33-35(48)2)36-24-27-43-41-15-4-3-13-39(41)40-14-5-6-16-42(40)49(43)29-36/h3-33H,1-2H3. The lowest BCUT2D eigenvalue weighted by Crippen LogP contribution is -1.98. The van der Waals surface area contributed by atoms with E-state index in [2.05, 4.69) is 205 Å². The van der Waals surface area contributed by atoms with E-state index in [0.29, 0.717) is 0 Å². The van der Waals surface area contributed by atoms with E-state index in [1.807, 2.05) is 6.20 Å². The quantitative estimate of drug-likeness (QED) is 0.165. The summed E-state index contributed by atoms with van der Waals surface area (Å²) in [4.78, 5) is 5.03. The van der Waals surface area contributed by atoms with Gasteiger partial charge in [0, 0.05) is 44.7 Å². The maximum Gasteiger partial charge on any atom is 0.0708 e. The molecule has 272 valence electrons. The van der Waals surface area contributed by atoms with Crippen LogP contribution < -0.4 is 0 Å². The first-order chi connectivity index (χ1) is 28.6. The summed E-state index contributed by atoms with van der Waals surface area (Å²) in [5.74, 6) is 0. The average molecular weight is 740 g/mol. The van der Waals surface area contributed by atoms with Crippen LogP contribution in [0.5, 0.6) is 0 Å². The van der Waals surface area contributed by atoms with Gasteiger partial charge in [-0.25, -0.2) is 0 Å². The number of para-hydroxylation sites is 3. The molecule has 0 fully saturated rings. The molecule has 3 nitrogen and oxygen atoms in total. The molecule has 0 spiro atoms. The van der Waals surface area contributed by atoms with Gasteiger partial charge in [0.15, 0.2) is 0 Å². The van der Waals surface area contributed by atoms with Crippen LogP contribution in [0.1, 0.15) is 11.1 Å². The number of fused-ring (bicyclic) bond motifs is 12. The number of benzene rings is 9. The summed E-state index contributed by atoms with van der Waals surface area (Å²) in [7, 11) is 0. The van der Waals surface area contributed by atoms with Crippen molar-refractivity contribution < 1.29 is 0 Å². The van der Waals surface area contributed by atoms with Gasteiger partial charge in [0.2, 0.25) is 0 Å². The van der Waals surface area contributed by atoms with Crippen molar-refractivity contribution in [3.05, 3.63) is 199 Å². The molecule has 0 N–H and O–H groups in total. The fourth-order valence-electron chi connectivity index (χ4n) is 9.66. The number of pyridine rings is 1. The van der Waals surface area contributed by atoms with Crippen molar-refractivity contribution in [2.45, 2.75) is 13.8 Å². The summed E-state index contributed by atoms with van der Waals surface area (Å²) >= 11 is 0. The molecule has 0 amide bonds. The predicted octanol–water partition coefficient (Wildman–Crippen LogP) is 14.7. The van der Waals surface area contributed by atoms with Crippen LogP contribution in [0.15, 0.2) is 188 Å². The highest BCUT2D eigenvalue weighted by molar-refractivity contribution is 6.25. The monoisotopic (exact) mass is 739 g/mol. The van der Waals surface area contributed by atoms with E-state index in [4.69, 9.17) is 4.98 Å². The van der Waals surface area contributed by atoms with Gasteiger partial charge in [0.25, 0.3) is 0 Å². The Kier molecular flexibility index (Phi) is 7.06. The van der Waals surface area contributed by atoms with E-state index < -0.39 is 0 Å². The zero-order valence-corrected chi connectivity index (χ0v) is 32.2. The molecular weight excluding hydrogens is 703 g/mol. The Morgan fingerprint density at radius 1 is 0.328 bits per heavy atom. The molecule has 3 heteroatoms. The minimum atomic E-state index is 0.971. The van der Waals surface area contributed by atoms with E-state index >= 15 is 0 Å². The normalized spacial score (nSPS) is 12.0. The molecule has 12 aromatic rings. The van der Waals surface area contributed by atoms with Crippen molar-refractivity contribution in [1.29, 1.82) is 0 Å².